The summed E-state index contributed by atoms with van der Waals surface area (Å²) >= 11 is 0. The van der Waals surface area contributed by atoms with E-state index in [1.165, 1.54) is 0 Å². The Hall–Kier alpha value is -3.00. The summed E-state index contributed by atoms with van der Waals surface area (Å²) in [7, 11) is 1.57. The third-order valence-corrected chi connectivity index (χ3v) is 6.59. The summed E-state index contributed by atoms with van der Waals surface area (Å²) in [5.41, 5.74) is 9.59. The van der Waals surface area contributed by atoms with E-state index in [-0.39, 0.29) is 11.8 Å². The van der Waals surface area contributed by atoms with Crippen LogP contribution in [0.25, 0.3) is 0 Å². The van der Waals surface area contributed by atoms with Gasteiger partial charge in [-0.3, -0.25) is 19.7 Å². The summed E-state index contributed by atoms with van der Waals surface area (Å²) < 4.78 is 0. The maximum Gasteiger partial charge on any atom is 0.225 e. The maximum atomic E-state index is 13.2. The van der Waals surface area contributed by atoms with Gasteiger partial charge in [-0.1, -0.05) is 11.2 Å². The molecule has 4 heterocycles. The SMILES string of the molecule is CO/N=C(/c1ccccn1)C1CCN(C(=O)C2CCN(Cc3ccncc3N)CC2)CC1. The highest BCUT2D eigenvalue weighted by Crippen LogP contribution is 2.27. The molecule has 0 atom stereocenters. The summed E-state index contributed by atoms with van der Waals surface area (Å²) in [6, 6.07) is 7.79. The number of nitrogen functional groups attached to an aromatic ring is 1. The summed E-state index contributed by atoms with van der Waals surface area (Å²) in [5, 5.41) is 4.26. The van der Waals surface area contributed by atoms with E-state index in [4.69, 9.17) is 10.6 Å². The molecule has 170 valence electrons. The van der Waals surface area contributed by atoms with E-state index < -0.39 is 0 Å². The zero-order valence-electron chi connectivity index (χ0n) is 18.7. The standard InChI is InChI=1S/C24H32N6O2/c1-32-28-23(22-4-2-3-10-27-22)18-8-14-30(15-9-18)24(31)19-6-12-29(13-7-19)17-20-5-11-26-16-21(20)25/h2-5,10-11,16,18-19H,6-9,12-15,17,25H2,1H3/b28-23+. The van der Waals surface area contributed by atoms with Gasteiger partial charge in [-0.05, 0) is 62.5 Å². The Kier molecular flexibility index (Phi) is 7.32. The van der Waals surface area contributed by atoms with Gasteiger partial charge in [-0.2, -0.15) is 0 Å². The fourth-order valence-electron chi connectivity index (χ4n) is 4.73. The van der Waals surface area contributed by atoms with Crippen molar-refractivity contribution in [3.63, 3.8) is 0 Å². The van der Waals surface area contributed by atoms with Crippen LogP contribution in [0.1, 0.15) is 36.9 Å². The highest BCUT2D eigenvalue weighted by atomic mass is 16.6. The van der Waals surface area contributed by atoms with Crippen LogP contribution in [0.5, 0.6) is 0 Å². The fraction of sp³-hybridized carbons (Fsp3) is 0.500. The summed E-state index contributed by atoms with van der Waals surface area (Å²) in [6.45, 7) is 4.16. The minimum Gasteiger partial charge on any atom is -0.399 e. The molecule has 0 spiro atoms. The number of hydrogen-bond donors (Lipinski definition) is 1. The Morgan fingerprint density at radius 2 is 1.84 bits per heavy atom. The molecule has 2 aliphatic rings. The number of piperidine rings is 2. The van der Waals surface area contributed by atoms with Crippen molar-refractivity contribution in [1.29, 1.82) is 0 Å². The van der Waals surface area contributed by atoms with E-state index in [9.17, 15) is 4.79 Å². The second-order valence-corrected chi connectivity index (χ2v) is 8.60. The van der Waals surface area contributed by atoms with Crippen LogP contribution in [0.4, 0.5) is 5.69 Å². The molecule has 2 N–H and O–H groups in total. The lowest BCUT2D eigenvalue weighted by atomic mass is 9.88. The molecule has 8 nitrogen and oxygen atoms in total. The first kappa shape index (κ1) is 22.2. The zero-order valence-corrected chi connectivity index (χ0v) is 18.7. The van der Waals surface area contributed by atoms with Crippen LogP contribution in [0.15, 0.2) is 48.0 Å². The number of rotatable bonds is 6. The monoisotopic (exact) mass is 436 g/mol. The van der Waals surface area contributed by atoms with Gasteiger partial charge in [0, 0.05) is 43.9 Å². The average molecular weight is 437 g/mol. The minimum absolute atomic E-state index is 0.112. The van der Waals surface area contributed by atoms with E-state index in [0.29, 0.717) is 5.91 Å². The van der Waals surface area contributed by atoms with Crippen LogP contribution >= 0.6 is 0 Å². The molecule has 0 aliphatic carbocycles. The molecule has 8 heteroatoms. The molecule has 4 rings (SSSR count). The van der Waals surface area contributed by atoms with E-state index in [1.54, 1.807) is 25.7 Å². The number of anilines is 1. The van der Waals surface area contributed by atoms with E-state index in [1.807, 2.05) is 29.2 Å². The number of oxime groups is 1. The number of hydrogen-bond acceptors (Lipinski definition) is 7. The van der Waals surface area contributed by atoms with Crippen LogP contribution in [0, 0.1) is 11.8 Å². The van der Waals surface area contributed by atoms with Crippen molar-refractivity contribution in [2.45, 2.75) is 32.2 Å². The van der Waals surface area contributed by atoms with Crippen molar-refractivity contribution in [1.82, 2.24) is 19.8 Å². The number of carbonyl (C=O) groups is 1. The van der Waals surface area contributed by atoms with Crippen molar-refractivity contribution in [2.24, 2.45) is 17.0 Å². The van der Waals surface area contributed by atoms with Gasteiger partial charge in [0.25, 0.3) is 0 Å². The first-order valence-electron chi connectivity index (χ1n) is 11.4. The van der Waals surface area contributed by atoms with Crippen LogP contribution in [0.2, 0.25) is 0 Å². The third-order valence-electron chi connectivity index (χ3n) is 6.59. The topological polar surface area (TPSA) is 96.9 Å². The molecule has 0 aromatic carbocycles. The Morgan fingerprint density at radius 1 is 1.09 bits per heavy atom. The number of pyridine rings is 2. The molecule has 0 radical (unpaired) electrons. The second kappa shape index (κ2) is 10.5. The Morgan fingerprint density at radius 3 is 2.50 bits per heavy atom. The molecule has 2 aromatic rings. The molecule has 0 saturated carbocycles. The Labute approximate surface area is 189 Å². The smallest absolute Gasteiger partial charge is 0.225 e. The molecule has 32 heavy (non-hydrogen) atoms. The minimum atomic E-state index is 0.112. The summed E-state index contributed by atoms with van der Waals surface area (Å²) in [6.07, 6.45) is 8.81. The summed E-state index contributed by atoms with van der Waals surface area (Å²) in [5.74, 6) is 0.664. The van der Waals surface area contributed by atoms with Crippen LogP contribution < -0.4 is 5.73 Å². The predicted molar refractivity (Wildman–Crippen MR) is 124 cm³/mol. The number of nitrogens with zero attached hydrogens (tertiary/aromatic N) is 5. The van der Waals surface area contributed by atoms with E-state index in [0.717, 1.165) is 81.1 Å². The normalized spacial score (nSPS) is 19.2. The van der Waals surface area contributed by atoms with Gasteiger partial charge >= 0.3 is 0 Å². The largest absolute Gasteiger partial charge is 0.399 e. The highest BCUT2D eigenvalue weighted by Gasteiger charge is 2.32. The van der Waals surface area contributed by atoms with Gasteiger partial charge in [-0.25, -0.2) is 0 Å². The molecule has 0 bridgehead atoms. The Balaban J connectivity index is 1.28. The molecule has 2 aromatic heterocycles. The van der Waals surface area contributed by atoms with Gasteiger partial charge in [0.2, 0.25) is 5.91 Å². The van der Waals surface area contributed by atoms with Gasteiger partial charge in [-0.15, -0.1) is 0 Å². The number of carbonyl (C=O) groups excluding carboxylic acids is 1. The number of aromatic nitrogens is 2. The number of amides is 1. The quantitative estimate of drug-likeness (QED) is 0.552. The molecule has 0 unspecified atom stereocenters. The molecular formula is C24H32N6O2. The van der Waals surface area contributed by atoms with E-state index in [2.05, 4.69) is 20.0 Å². The van der Waals surface area contributed by atoms with E-state index >= 15 is 0 Å². The lowest BCUT2D eigenvalue weighted by Gasteiger charge is -2.37. The van der Waals surface area contributed by atoms with Crippen molar-refractivity contribution < 1.29 is 9.63 Å². The van der Waals surface area contributed by atoms with Gasteiger partial charge in [0.05, 0.1) is 17.6 Å². The van der Waals surface area contributed by atoms with Gasteiger partial charge in [0.15, 0.2) is 0 Å². The molecule has 2 fully saturated rings. The first-order valence-corrected chi connectivity index (χ1v) is 11.4. The van der Waals surface area contributed by atoms with Crippen LogP contribution in [0.3, 0.4) is 0 Å². The van der Waals surface area contributed by atoms with Crippen LogP contribution in [-0.4, -0.2) is 64.7 Å². The highest BCUT2D eigenvalue weighted by molar-refractivity contribution is 6.00. The van der Waals surface area contributed by atoms with Gasteiger partial charge < -0.3 is 15.5 Å². The molecular weight excluding hydrogens is 404 g/mol. The molecule has 1 amide bonds. The first-order chi connectivity index (χ1) is 15.7. The molecule has 2 aliphatic heterocycles. The predicted octanol–water partition coefficient (Wildman–Crippen LogP) is 2.56. The lowest BCUT2D eigenvalue weighted by molar-refractivity contribution is -0.138. The number of likely N-dealkylation sites (tertiary alicyclic amines) is 2. The Bertz CT molecular complexity index is 919. The van der Waals surface area contributed by atoms with Crippen molar-refractivity contribution in [3.05, 3.63) is 54.1 Å². The van der Waals surface area contributed by atoms with Crippen molar-refractivity contribution >= 4 is 17.3 Å². The maximum absolute atomic E-state index is 13.2. The lowest BCUT2D eigenvalue weighted by Crippen LogP contribution is -2.46. The molecule has 2 saturated heterocycles. The second-order valence-electron chi connectivity index (χ2n) is 8.60. The van der Waals surface area contributed by atoms with Crippen molar-refractivity contribution in [2.75, 3.05) is 39.0 Å². The third kappa shape index (κ3) is 5.24. The number of nitrogens with two attached hydrogens (primary N) is 1. The van der Waals surface area contributed by atoms with Crippen molar-refractivity contribution in [3.8, 4) is 0 Å². The van der Waals surface area contributed by atoms with Gasteiger partial charge in [0.1, 0.15) is 12.8 Å². The average Bonchev–Trinajstić information content (AvgIpc) is 2.85. The van der Waals surface area contributed by atoms with Crippen LogP contribution in [-0.2, 0) is 16.2 Å². The zero-order chi connectivity index (χ0) is 22.3. The fourth-order valence-corrected chi connectivity index (χ4v) is 4.73. The summed E-state index contributed by atoms with van der Waals surface area (Å²) in [4.78, 5) is 31.2.